The predicted molar refractivity (Wildman–Crippen MR) is 68.6 cm³/mol. The third-order valence-electron chi connectivity index (χ3n) is 2.58. The molecule has 1 rings (SSSR count). The molecule has 0 spiro atoms. The third kappa shape index (κ3) is 6.76. The number of unbranched alkanes of at least 4 members (excludes halogenated alkanes) is 3. The van der Waals surface area contributed by atoms with E-state index >= 15 is 0 Å². The zero-order valence-corrected chi connectivity index (χ0v) is 10.9. The molecule has 1 amide bonds. The number of amides is 1. The molecular formula is C13H23N3O. The maximum Gasteiger partial charge on any atom is 0.220 e. The molecule has 4 nitrogen and oxygen atoms in total. The lowest BCUT2D eigenvalue weighted by Crippen LogP contribution is -2.29. The molecule has 0 radical (unpaired) electrons. The smallest absolute Gasteiger partial charge is 0.220 e. The van der Waals surface area contributed by atoms with Crippen LogP contribution in [0.25, 0.3) is 0 Å². The summed E-state index contributed by atoms with van der Waals surface area (Å²) in [6.07, 6.45) is 10.7. The molecule has 1 aromatic rings. The molecule has 0 atom stereocenters. The van der Waals surface area contributed by atoms with E-state index in [2.05, 4.69) is 14.9 Å². The monoisotopic (exact) mass is 237 g/mol. The average Bonchev–Trinajstić information content (AvgIpc) is 2.75. The Balaban J connectivity index is 1.92. The lowest BCUT2D eigenvalue weighted by Gasteiger charge is -2.07. The highest BCUT2D eigenvalue weighted by Crippen LogP contribution is 2.04. The molecule has 0 aliphatic carbocycles. The molecule has 1 aromatic heterocycles. The van der Waals surface area contributed by atoms with Crippen molar-refractivity contribution in [1.29, 1.82) is 0 Å². The van der Waals surface area contributed by atoms with Gasteiger partial charge in [0.1, 0.15) is 0 Å². The van der Waals surface area contributed by atoms with Crippen molar-refractivity contribution >= 4 is 5.91 Å². The average molecular weight is 237 g/mol. The van der Waals surface area contributed by atoms with Gasteiger partial charge in [-0.2, -0.15) is 0 Å². The zero-order valence-electron chi connectivity index (χ0n) is 10.9. The minimum absolute atomic E-state index is 0.176. The van der Waals surface area contributed by atoms with Crippen LogP contribution in [0, 0.1) is 0 Å². The largest absolute Gasteiger partial charge is 0.354 e. The first-order valence-corrected chi connectivity index (χ1v) is 6.43. The standard InChI is InChI=1S/C13H23N3O/c1-12(2)15-13(17)7-5-3-4-6-9-16-10-8-14-11-16/h8,10-12H,3-7,9H2,1-2H3,(H,15,17). The van der Waals surface area contributed by atoms with Crippen molar-refractivity contribution in [2.45, 2.75) is 58.5 Å². The van der Waals surface area contributed by atoms with E-state index in [0.717, 1.165) is 25.8 Å². The van der Waals surface area contributed by atoms with Gasteiger partial charge < -0.3 is 9.88 Å². The van der Waals surface area contributed by atoms with Crippen molar-refractivity contribution in [3.63, 3.8) is 0 Å². The second-order valence-electron chi connectivity index (χ2n) is 4.69. The molecule has 1 N–H and O–H groups in total. The van der Waals surface area contributed by atoms with Crippen molar-refractivity contribution in [2.75, 3.05) is 0 Å². The quantitative estimate of drug-likeness (QED) is 0.705. The fourth-order valence-electron chi connectivity index (χ4n) is 1.75. The Kier molecular flexibility index (Phi) is 6.37. The van der Waals surface area contributed by atoms with Crippen molar-refractivity contribution < 1.29 is 4.79 Å². The van der Waals surface area contributed by atoms with Gasteiger partial charge in [0, 0.05) is 31.4 Å². The normalized spacial score (nSPS) is 10.8. The van der Waals surface area contributed by atoms with E-state index in [1.54, 1.807) is 6.20 Å². The number of aryl methyl sites for hydroxylation is 1. The van der Waals surface area contributed by atoms with Crippen LogP contribution < -0.4 is 5.32 Å². The summed E-state index contributed by atoms with van der Waals surface area (Å²) in [6.45, 7) is 5.00. The molecule has 1 heterocycles. The number of hydrogen-bond acceptors (Lipinski definition) is 2. The molecule has 0 fully saturated rings. The number of rotatable bonds is 8. The first-order chi connectivity index (χ1) is 8.18. The Morgan fingerprint density at radius 1 is 1.29 bits per heavy atom. The summed E-state index contributed by atoms with van der Waals surface area (Å²) in [4.78, 5) is 15.3. The highest BCUT2D eigenvalue weighted by Gasteiger charge is 2.02. The molecule has 4 heteroatoms. The highest BCUT2D eigenvalue weighted by atomic mass is 16.1. The van der Waals surface area contributed by atoms with Crippen molar-refractivity contribution in [3.05, 3.63) is 18.7 Å². The summed E-state index contributed by atoms with van der Waals surface area (Å²) in [6, 6.07) is 0.253. The van der Waals surface area contributed by atoms with Gasteiger partial charge in [-0.25, -0.2) is 4.98 Å². The minimum Gasteiger partial charge on any atom is -0.354 e. The van der Waals surface area contributed by atoms with E-state index in [1.807, 2.05) is 26.4 Å². The maximum atomic E-state index is 11.3. The van der Waals surface area contributed by atoms with Crippen LogP contribution in [0.1, 0.15) is 46.0 Å². The van der Waals surface area contributed by atoms with Crippen LogP contribution in [0.4, 0.5) is 0 Å². The van der Waals surface area contributed by atoms with Crippen molar-refractivity contribution in [2.24, 2.45) is 0 Å². The van der Waals surface area contributed by atoms with Crippen LogP contribution in [0.5, 0.6) is 0 Å². The minimum atomic E-state index is 0.176. The number of nitrogens with one attached hydrogen (secondary N) is 1. The number of nitrogens with zero attached hydrogens (tertiary/aromatic N) is 2. The van der Waals surface area contributed by atoms with Gasteiger partial charge in [-0.05, 0) is 26.7 Å². The van der Waals surface area contributed by atoms with Gasteiger partial charge in [0.15, 0.2) is 0 Å². The zero-order chi connectivity index (χ0) is 12.5. The molecule has 0 aromatic carbocycles. The molecule has 17 heavy (non-hydrogen) atoms. The van der Waals surface area contributed by atoms with E-state index < -0.39 is 0 Å². The predicted octanol–water partition coefficient (Wildman–Crippen LogP) is 2.36. The molecule has 96 valence electrons. The van der Waals surface area contributed by atoms with Gasteiger partial charge in [-0.3, -0.25) is 4.79 Å². The Hall–Kier alpha value is -1.32. The lowest BCUT2D eigenvalue weighted by atomic mass is 10.1. The second kappa shape index (κ2) is 7.87. The summed E-state index contributed by atoms with van der Waals surface area (Å²) >= 11 is 0. The Morgan fingerprint density at radius 2 is 2.06 bits per heavy atom. The van der Waals surface area contributed by atoms with Gasteiger partial charge in [-0.1, -0.05) is 12.8 Å². The highest BCUT2D eigenvalue weighted by molar-refractivity contribution is 5.76. The van der Waals surface area contributed by atoms with E-state index in [4.69, 9.17) is 0 Å². The number of imidazole rings is 1. The van der Waals surface area contributed by atoms with Crippen LogP contribution >= 0.6 is 0 Å². The second-order valence-corrected chi connectivity index (χ2v) is 4.69. The van der Waals surface area contributed by atoms with Gasteiger partial charge in [0.25, 0.3) is 0 Å². The van der Waals surface area contributed by atoms with Gasteiger partial charge in [-0.15, -0.1) is 0 Å². The first kappa shape index (κ1) is 13.7. The van der Waals surface area contributed by atoms with E-state index in [0.29, 0.717) is 6.42 Å². The molecule has 0 saturated heterocycles. The number of carbonyl (C=O) groups excluding carboxylic acids is 1. The Bertz CT molecular complexity index is 306. The number of hydrogen-bond donors (Lipinski definition) is 1. The van der Waals surface area contributed by atoms with Crippen LogP contribution in [0.2, 0.25) is 0 Å². The van der Waals surface area contributed by atoms with Crippen LogP contribution in [0.3, 0.4) is 0 Å². The summed E-state index contributed by atoms with van der Waals surface area (Å²) in [5.41, 5.74) is 0. The molecule has 0 unspecified atom stereocenters. The van der Waals surface area contributed by atoms with Crippen LogP contribution in [-0.2, 0) is 11.3 Å². The molecule has 0 aliphatic rings. The van der Waals surface area contributed by atoms with E-state index in [1.165, 1.54) is 6.42 Å². The molecule has 0 aliphatic heterocycles. The third-order valence-corrected chi connectivity index (χ3v) is 2.58. The van der Waals surface area contributed by atoms with Crippen LogP contribution in [0.15, 0.2) is 18.7 Å². The maximum absolute atomic E-state index is 11.3. The van der Waals surface area contributed by atoms with Gasteiger partial charge in [0.05, 0.1) is 6.33 Å². The first-order valence-electron chi connectivity index (χ1n) is 6.43. The molecular weight excluding hydrogens is 214 g/mol. The van der Waals surface area contributed by atoms with Gasteiger partial charge >= 0.3 is 0 Å². The van der Waals surface area contributed by atoms with Gasteiger partial charge in [0.2, 0.25) is 5.91 Å². The van der Waals surface area contributed by atoms with Crippen molar-refractivity contribution in [3.8, 4) is 0 Å². The Labute approximate surface area is 103 Å². The lowest BCUT2D eigenvalue weighted by molar-refractivity contribution is -0.121. The topological polar surface area (TPSA) is 46.9 Å². The fourth-order valence-corrected chi connectivity index (χ4v) is 1.75. The fraction of sp³-hybridized carbons (Fsp3) is 0.692. The number of carbonyl (C=O) groups is 1. The van der Waals surface area contributed by atoms with Crippen molar-refractivity contribution in [1.82, 2.24) is 14.9 Å². The SMILES string of the molecule is CC(C)NC(=O)CCCCCCn1ccnc1. The summed E-state index contributed by atoms with van der Waals surface area (Å²) in [7, 11) is 0. The Morgan fingerprint density at radius 3 is 2.71 bits per heavy atom. The van der Waals surface area contributed by atoms with E-state index in [-0.39, 0.29) is 11.9 Å². The van der Waals surface area contributed by atoms with Crippen LogP contribution in [-0.4, -0.2) is 21.5 Å². The summed E-state index contributed by atoms with van der Waals surface area (Å²) < 4.78 is 2.09. The van der Waals surface area contributed by atoms with E-state index in [9.17, 15) is 4.79 Å². The molecule has 0 bridgehead atoms. The summed E-state index contributed by atoms with van der Waals surface area (Å²) in [5.74, 6) is 0.176. The molecule has 0 saturated carbocycles. The summed E-state index contributed by atoms with van der Waals surface area (Å²) in [5, 5.41) is 2.90. The number of aromatic nitrogens is 2.